The Balaban J connectivity index is 2.11. The van der Waals surface area contributed by atoms with E-state index >= 15 is 0 Å². The van der Waals surface area contributed by atoms with Gasteiger partial charge in [0, 0.05) is 5.69 Å². The summed E-state index contributed by atoms with van der Waals surface area (Å²) in [5.74, 6) is 0. The topological polar surface area (TPSA) is 26.0 Å². The molecule has 0 aliphatic heterocycles. The van der Waals surface area contributed by atoms with Crippen molar-refractivity contribution in [3.63, 3.8) is 0 Å². The highest BCUT2D eigenvalue weighted by atomic mass is 32.2. The lowest BCUT2D eigenvalue weighted by molar-refractivity contribution is 1.33. The number of rotatable bonds is 3. The van der Waals surface area contributed by atoms with E-state index in [9.17, 15) is 0 Å². The fourth-order valence-electron chi connectivity index (χ4n) is 2.22. The van der Waals surface area contributed by atoms with E-state index < -0.39 is 10.9 Å². The Kier molecular flexibility index (Phi) is 3.75. The lowest BCUT2D eigenvalue weighted by atomic mass is 10.3. The number of nitrogens with two attached hydrogens (primary N) is 1. The number of anilines is 1. The highest BCUT2D eigenvalue weighted by Gasteiger charge is 2.11. The molecule has 3 aromatic rings. The summed E-state index contributed by atoms with van der Waals surface area (Å²) in [5.41, 5.74) is 6.62. The Morgan fingerprint density at radius 3 is 1.35 bits per heavy atom. The van der Waals surface area contributed by atoms with Crippen LogP contribution in [0.5, 0.6) is 0 Å². The molecule has 0 radical (unpaired) electrons. The maximum atomic E-state index is 5.81. The summed E-state index contributed by atoms with van der Waals surface area (Å²) < 4.78 is 0. The Morgan fingerprint density at radius 2 is 0.900 bits per heavy atom. The first kappa shape index (κ1) is 12.8. The third-order valence-electron chi connectivity index (χ3n) is 3.18. The van der Waals surface area contributed by atoms with Gasteiger partial charge in [0.1, 0.15) is 0 Å². The number of nitrogen functional groups attached to an aromatic ring is 1. The molecule has 0 aromatic heterocycles. The molecule has 0 atom stereocenters. The standard InChI is InChI=1S/C18H17NS/c19-15-11-13-18(14-12-15)20(16-7-3-1-4-8-16)17-9-5-2-6-10-17/h1-14,20H,19H2. The number of benzene rings is 3. The predicted molar refractivity (Wildman–Crippen MR) is 87.5 cm³/mol. The zero-order valence-electron chi connectivity index (χ0n) is 11.1. The van der Waals surface area contributed by atoms with Gasteiger partial charge in [0.25, 0.3) is 0 Å². The Labute approximate surface area is 122 Å². The lowest BCUT2D eigenvalue weighted by Crippen LogP contribution is -1.89. The van der Waals surface area contributed by atoms with Gasteiger partial charge in [0.2, 0.25) is 0 Å². The largest absolute Gasteiger partial charge is 0.399 e. The maximum Gasteiger partial charge on any atom is 0.0314 e. The third kappa shape index (κ3) is 2.70. The molecule has 0 bridgehead atoms. The number of hydrogen-bond acceptors (Lipinski definition) is 1. The van der Waals surface area contributed by atoms with Crippen LogP contribution in [0.3, 0.4) is 0 Å². The van der Waals surface area contributed by atoms with E-state index in [1.807, 2.05) is 12.1 Å². The monoisotopic (exact) mass is 279 g/mol. The third-order valence-corrected chi connectivity index (χ3v) is 5.62. The van der Waals surface area contributed by atoms with Gasteiger partial charge in [0.15, 0.2) is 0 Å². The van der Waals surface area contributed by atoms with Crippen LogP contribution in [0.2, 0.25) is 0 Å². The smallest absolute Gasteiger partial charge is 0.0314 e. The molecule has 0 aliphatic rings. The molecule has 20 heavy (non-hydrogen) atoms. The molecule has 0 saturated carbocycles. The van der Waals surface area contributed by atoms with Gasteiger partial charge in [-0.3, -0.25) is 0 Å². The molecule has 1 nitrogen and oxygen atoms in total. The van der Waals surface area contributed by atoms with Crippen molar-refractivity contribution in [2.24, 2.45) is 0 Å². The molecule has 100 valence electrons. The summed E-state index contributed by atoms with van der Waals surface area (Å²) in [5, 5.41) is 0. The summed E-state index contributed by atoms with van der Waals surface area (Å²) in [7, 11) is -0.514. The van der Waals surface area contributed by atoms with Crippen molar-refractivity contribution < 1.29 is 0 Å². The Morgan fingerprint density at radius 1 is 0.500 bits per heavy atom. The first-order chi connectivity index (χ1) is 9.84. The minimum absolute atomic E-state index is 0.514. The number of thiol groups is 1. The van der Waals surface area contributed by atoms with E-state index in [-0.39, 0.29) is 0 Å². The van der Waals surface area contributed by atoms with Crippen molar-refractivity contribution in [1.29, 1.82) is 0 Å². The predicted octanol–water partition coefficient (Wildman–Crippen LogP) is 4.75. The number of hydrogen-bond donors (Lipinski definition) is 2. The Hall–Kier alpha value is -2.19. The SMILES string of the molecule is Nc1ccc([SH](c2ccccc2)c2ccccc2)cc1. The maximum absolute atomic E-state index is 5.81. The molecular formula is C18H17NS. The zero-order chi connectivity index (χ0) is 13.8. The van der Waals surface area contributed by atoms with E-state index in [0.29, 0.717) is 0 Å². The van der Waals surface area contributed by atoms with Crippen LogP contribution in [0.25, 0.3) is 0 Å². The molecule has 2 N–H and O–H groups in total. The first-order valence-corrected chi connectivity index (χ1v) is 7.94. The van der Waals surface area contributed by atoms with Crippen LogP contribution < -0.4 is 5.73 Å². The second-order valence-electron chi connectivity index (χ2n) is 4.60. The highest BCUT2D eigenvalue weighted by molar-refractivity contribution is 8.17. The summed E-state index contributed by atoms with van der Waals surface area (Å²) in [6.45, 7) is 0. The first-order valence-electron chi connectivity index (χ1n) is 6.60. The van der Waals surface area contributed by atoms with E-state index in [1.165, 1.54) is 14.7 Å². The van der Waals surface area contributed by atoms with Gasteiger partial charge in [-0.1, -0.05) is 36.4 Å². The van der Waals surface area contributed by atoms with Crippen LogP contribution in [0.1, 0.15) is 0 Å². The van der Waals surface area contributed by atoms with Crippen LogP contribution in [0.4, 0.5) is 5.69 Å². The molecule has 0 unspecified atom stereocenters. The van der Waals surface area contributed by atoms with E-state index in [2.05, 4.69) is 72.8 Å². The van der Waals surface area contributed by atoms with Crippen LogP contribution in [0.15, 0.2) is 99.6 Å². The molecule has 3 rings (SSSR count). The Bertz CT molecular complexity index is 623. The van der Waals surface area contributed by atoms with Crippen molar-refractivity contribution in [2.45, 2.75) is 14.7 Å². The molecule has 0 amide bonds. The van der Waals surface area contributed by atoms with E-state index in [1.54, 1.807) is 0 Å². The van der Waals surface area contributed by atoms with Gasteiger partial charge in [-0.25, -0.2) is 0 Å². The van der Waals surface area contributed by atoms with Gasteiger partial charge in [-0.2, -0.15) is 10.9 Å². The summed E-state index contributed by atoms with van der Waals surface area (Å²) >= 11 is 0. The summed E-state index contributed by atoms with van der Waals surface area (Å²) in [4.78, 5) is 4.04. The molecule has 0 heterocycles. The molecule has 0 saturated heterocycles. The fraction of sp³-hybridized carbons (Fsp3) is 0. The minimum Gasteiger partial charge on any atom is -0.399 e. The molecule has 2 heteroatoms. The lowest BCUT2D eigenvalue weighted by Gasteiger charge is -2.23. The summed E-state index contributed by atoms with van der Waals surface area (Å²) in [6.07, 6.45) is 0. The highest BCUT2D eigenvalue weighted by Crippen LogP contribution is 2.51. The van der Waals surface area contributed by atoms with Crippen LogP contribution >= 0.6 is 10.9 Å². The second kappa shape index (κ2) is 5.85. The quantitative estimate of drug-likeness (QED) is 0.525. The van der Waals surface area contributed by atoms with E-state index in [0.717, 1.165) is 5.69 Å². The molecule has 0 spiro atoms. The zero-order valence-corrected chi connectivity index (χ0v) is 12.0. The molecular weight excluding hydrogens is 262 g/mol. The average Bonchev–Trinajstić information content (AvgIpc) is 2.52. The van der Waals surface area contributed by atoms with Crippen molar-refractivity contribution >= 4 is 16.6 Å². The molecule has 0 aliphatic carbocycles. The van der Waals surface area contributed by atoms with Crippen LogP contribution in [0, 0.1) is 0 Å². The van der Waals surface area contributed by atoms with Gasteiger partial charge in [0.05, 0.1) is 0 Å². The normalized spacial score (nSPS) is 11.1. The second-order valence-corrected chi connectivity index (χ2v) is 6.82. The van der Waals surface area contributed by atoms with Crippen molar-refractivity contribution in [1.82, 2.24) is 0 Å². The van der Waals surface area contributed by atoms with Crippen LogP contribution in [-0.2, 0) is 0 Å². The van der Waals surface area contributed by atoms with Gasteiger partial charge < -0.3 is 5.73 Å². The van der Waals surface area contributed by atoms with Crippen molar-refractivity contribution in [3.05, 3.63) is 84.9 Å². The van der Waals surface area contributed by atoms with Gasteiger partial charge in [-0.15, -0.1) is 0 Å². The van der Waals surface area contributed by atoms with Crippen molar-refractivity contribution in [3.8, 4) is 0 Å². The van der Waals surface area contributed by atoms with Crippen LogP contribution in [-0.4, -0.2) is 0 Å². The molecule has 0 fully saturated rings. The fourth-order valence-corrected chi connectivity index (χ4v) is 4.51. The van der Waals surface area contributed by atoms with Crippen molar-refractivity contribution in [2.75, 3.05) is 5.73 Å². The van der Waals surface area contributed by atoms with E-state index in [4.69, 9.17) is 5.73 Å². The summed E-state index contributed by atoms with van der Waals surface area (Å²) in [6, 6.07) is 29.6. The van der Waals surface area contributed by atoms with Gasteiger partial charge in [-0.05, 0) is 63.2 Å². The van der Waals surface area contributed by atoms with Gasteiger partial charge >= 0.3 is 0 Å². The molecule has 3 aromatic carbocycles. The minimum atomic E-state index is -0.514. The average molecular weight is 279 g/mol.